The molecule has 0 bridgehead atoms. The maximum Gasteiger partial charge on any atom is 0.0731 e. The largest absolute Gasteiger partial charge is 0.0731 e. The van der Waals surface area contributed by atoms with Gasteiger partial charge < -0.3 is 0 Å². The summed E-state index contributed by atoms with van der Waals surface area (Å²) >= 11 is 0. The van der Waals surface area contributed by atoms with E-state index < -0.39 is 16.2 Å². The summed E-state index contributed by atoms with van der Waals surface area (Å²) in [5.41, 5.74) is 42.8. The Hall–Kier alpha value is -17.2. The number of benzene rings is 25. The van der Waals surface area contributed by atoms with E-state index in [1.807, 2.05) is 0 Å². The Balaban J connectivity index is 0.773. The first-order chi connectivity index (χ1) is 67.0. The molecule has 0 fully saturated rings. The zero-order valence-corrected chi connectivity index (χ0v) is 73.5. The second kappa shape index (κ2) is 27.0. The van der Waals surface area contributed by atoms with Crippen molar-refractivity contribution in [3.8, 4) is 134 Å². The smallest absolute Gasteiger partial charge is 0.0619 e. The predicted molar refractivity (Wildman–Crippen MR) is 566 cm³/mol. The van der Waals surface area contributed by atoms with E-state index in [0.29, 0.717) is 0 Å². The van der Waals surface area contributed by atoms with Crippen molar-refractivity contribution in [1.29, 1.82) is 0 Å². The lowest BCUT2D eigenvalue weighted by molar-refractivity contribution is 0.764. The third kappa shape index (κ3) is 9.36. The van der Waals surface area contributed by atoms with E-state index >= 15 is 0 Å². The molecule has 0 atom stereocenters. The fraction of sp³-hybridized carbons (Fsp3) is 0.0222. The van der Waals surface area contributed by atoms with Crippen LogP contribution < -0.4 is 0 Å². The lowest BCUT2D eigenvalue weighted by Crippen LogP contribution is -2.31. The van der Waals surface area contributed by atoms with Gasteiger partial charge in [0.2, 0.25) is 0 Å². The van der Waals surface area contributed by atoms with Crippen molar-refractivity contribution < 1.29 is 0 Å². The molecular weight excluding hydrogens is 1620 g/mol. The maximum absolute atomic E-state index is 2.73. The van der Waals surface area contributed by atoms with Crippen molar-refractivity contribution in [3.05, 3.63) is 540 Å². The van der Waals surface area contributed by atoms with Crippen LogP contribution in [0.2, 0.25) is 0 Å². The predicted octanol–water partition coefficient (Wildman–Crippen LogP) is 35.1. The van der Waals surface area contributed by atoms with Crippen LogP contribution >= 0.6 is 0 Å². The van der Waals surface area contributed by atoms with Crippen molar-refractivity contribution in [2.45, 2.75) is 16.2 Å². The van der Waals surface area contributed by atoms with Crippen LogP contribution in [0.25, 0.3) is 230 Å². The standard InChI is InChI=1S/C135H78/c1-4-34-82-73-85(64-61-79(82)31-1)121-97-43-7-13-49-103(97)124(104-50-14-8-44-98(104)121)88-67-70-109-118(76-88)133(112-55-25-19-37-91(112)92-38-20-26-56-113(92)133)130-127(109)131-129(111-72-69-90(78-120(111)134(131)114-57-27-21-39-93(114)94-40-22-28-58-115(94)134)126-107-53-17-11-47-101(107)123(102-48-12-18-54-108(102)126)87-66-63-81-33-3-6-36-84(81)75-87)132-128(130)110-71-68-89(77-119(110)135(132)116-59-29-23-41-95(116)96-42-24-30-60-117(96)135)125-105-51-15-9-45-99(105)122(100-46-10-16-52-106(100)125)86-65-62-80-32-2-5-35-83(80)74-86/h1-78H. The molecule has 0 heteroatoms. The fourth-order valence-electron chi connectivity index (χ4n) is 27.4. The molecular formula is C135H78. The first-order valence-electron chi connectivity index (χ1n) is 47.6. The van der Waals surface area contributed by atoms with Crippen LogP contribution in [0.4, 0.5) is 0 Å². The summed E-state index contributed by atoms with van der Waals surface area (Å²) in [6.45, 7) is 0. The minimum absolute atomic E-state index is 0.947. The molecule has 0 unspecified atom stereocenters. The first-order valence-corrected chi connectivity index (χ1v) is 47.6. The summed E-state index contributed by atoms with van der Waals surface area (Å²) in [6.07, 6.45) is 0. The van der Waals surface area contributed by atoms with Gasteiger partial charge in [0, 0.05) is 0 Å². The zero-order chi connectivity index (χ0) is 87.8. The lowest BCUT2D eigenvalue weighted by atomic mass is 9.63. The van der Waals surface area contributed by atoms with Crippen LogP contribution in [0, 0.1) is 0 Å². The van der Waals surface area contributed by atoms with Gasteiger partial charge in [-0.25, -0.2) is 0 Å². The molecule has 25 aromatic carbocycles. The molecule has 0 N–H and O–H groups in total. The van der Waals surface area contributed by atoms with Gasteiger partial charge in [0.05, 0.1) is 16.2 Å². The van der Waals surface area contributed by atoms with Crippen LogP contribution in [0.1, 0.15) is 66.8 Å². The fourth-order valence-corrected chi connectivity index (χ4v) is 27.4. The van der Waals surface area contributed by atoms with Crippen LogP contribution in [-0.2, 0) is 16.2 Å². The van der Waals surface area contributed by atoms with Gasteiger partial charge >= 0.3 is 0 Å². The molecule has 6 aliphatic rings. The number of fused-ring (bicyclic) bond motifs is 42. The minimum atomic E-state index is -0.947. The van der Waals surface area contributed by atoms with Gasteiger partial charge in [0.1, 0.15) is 0 Å². The number of hydrogen-bond acceptors (Lipinski definition) is 0. The Morgan fingerprint density at radius 1 is 0.104 bits per heavy atom. The molecule has 0 radical (unpaired) electrons. The Morgan fingerprint density at radius 3 is 0.474 bits per heavy atom. The van der Waals surface area contributed by atoms with Crippen molar-refractivity contribution in [3.63, 3.8) is 0 Å². The van der Waals surface area contributed by atoms with Gasteiger partial charge in [-0.3, -0.25) is 0 Å². The summed E-state index contributed by atoms with van der Waals surface area (Å²) < 4.78 is 0. The summed E-state index contributed by atoms with van der Waals surface area (Å²) in [4.78, 5) is 0. The minimum Gasteiger partial charge on any atom is -0.0619 e. The quantitative estimate of drug-likeness (QED) is 0.146. The molecule has 0 amide bonds. The molecule has 25 aromatic rings. The van der Waals surface area contributed by atoms with E-state index in [4.69, 9.17) is 0 Å². The van der Waals surface area contributed by atoms with Gasteiger partial charge in [0.25, 0.3) is 0 Å². The van der Waals surface area contributed by atoms with Crippen LogP contribution in [0.5, 0.6) is 0 Å². The monoisotopic (exact) mass is 1700 g/mol. The Bertz CT molecular complexity index is 8510. The number of hydrogen-bond donors (Lipinski definition) is 0. The van der Waals surface area contributed by atoms with Crippen molar-refractivity contribution in [1.82, 2.24) is 0 Å². The van der Waals surface area contributed by atoms with E-state index in [9.17, 15) is 0 Å². The highest BCUT2D eigenvalue weighted by atomic mass is 14.7. The Kier molecular flexibility index (Phi) is 14.7. The third-order valence-electron chi connectivity index (χ3n) is 32.3. The average molecular weight is 1700 g/mol. The third-order valence-corrected chi connectivity index (χ3v) is 32.3. The second-order valence-corrected chi connectivity index (χ2v) is 38.3. The second-order valence-electron chi connectivity index (χ2n) is 38.3. The van der Waals surface area contributed by atoms with E-state index in [0.717, 1.165) is 0 Å². The van der Waals surface area contributed by atoms with Crippen LogP contribution in [0.15, 0.2) is 473 Å². The van der Waals surface area contributed by atoms with Gasteiger partial charge in [0.15, 0.2) is 0 Å². The lowest BCUT2D eigenvalue weighted by Gasteiger charge is -2.37. The molecule has 0 saturated carbocycles. The van der Waals surface area contributed by atoms with Gasteiger partial charge in [-0.05, 0) is 334 Å². The molecule has 0 aromatic heterocycles. The Labute approximate surface area is 780 Å². The molecule has 135 heavy (non-hydrogen) atoms. The molecule has 3 spiro atoms. The highest BCUT2D eigenvalue weighted by molar-refractivity contribution is 6.27. The average Bonchev–Trinajstić information content (AvgIpc) is 1.45. The van der Waals surface area contributed by atoms with Crippen molar-refractivity contribution in [2.75, 3.05) is 0 Å². The van der Waals surface area contributed by atoms with Crippen LogP contribution in [0.3, 0.4) is 0 Å². The molecule has 618 valence electrons. The zero-order valence-electron chi connectivity index (χ0n) is 73.5. The van der Waals surface area contributed by atoms with E-state index in [2.05, 4.69) is 473 Å². The first kappa shape index (κ1) is 73.6. The molecule has 0 heterocycles. The highest BCUT2D eigenvalue weighted by Crippen LogP contribution is 2.78. The topological polar surface area (TPSA) is 0 Å². The number of rotatable bonds is 6. The van der Waals surface area contributed by atoms with Crippen LogP contribution in [-0.4, -0.2) is 0 Å². The normalized spacial score (nSPS) is 14.0. The van der Waals surface area contributed by atoms with Gasteiger partial charge in [-0.1, -0.05) is 437 Å². The van der Waals surface area contributed by atoms with E-state index in [1.54, 1.807) is 0 Å². The highest BCUT2D eigenvalue weighted by Gasteiger charge is 2.65. The molecule has 6 aliphatic carbocycles. The van der Waals surface area contributed by atoms with E-state index in [-0.39, 0.29) is 0 Å². The molecule has 0 aliphatic heterocycles. The molecule has 0 saturated heterocycles. The molecule has 0 nitrogen and oxygen atoms in total. The summed E-state index contributed by atoms with van der Waals surface area (Å²) in [5, 5.41) is 22.1. The Morgan fingerprint density at radius 2 is 0.267 bits per heavy atom. The van der Waals surface area contributed by atoms with E-state index in [1.165, 1.54) is 297 Å². The van der Waals surface area contributed by atoms with Crippen molar-refractivity contribution in [2.24, 2.45) is 0 Å². The maximum atomic E-state index is 2.73. The summed E-state index contributed by atoms with van der Waals surface area (Å²) in [7, 11) is 0. The van der Waals surface area contributed by atoms with Gasteiger partial charge in [-0.2, -0.15) is 0 Å². The summed E-state index contributed by atoms with van der Waals surface area (Å²) in [5.74, 6) is 0. The summed E-state index contributed by atoms with van der Waals surface area (Å²) in [6, 6.07) is 185. The van der Waals surface area contributed by atoms with Gasteiger partial charge in [-0.15, -0.1) is 0 Å². The SMILES string of the molecule is c1ccc2c(c1)-c1ccccc1C21c2cc(-c3c4ccccc4c(-c4ccc5ccccc5c4)c4ccccc34)ccc2-c2c1c1c(c3c2C2(c4ccccc4-c4ccccc42)c2cc(-c4c5ccccc5c(-c5ccc6ccccc6c5)c5ccccc45)ccc2-3)C2(c3ccccc3-c3ccccc32)c2cc(-c3c4ccccc4c(-c4ccc5ccccc5c4)c4ccccc34)ccc2-1. The van der Waals surface area contributed by atoms with Crippen molar-refractivity contribution >= 4 is 97.0 Å². The molecule has 31 rings (SSSR count).